The number of hydrogen-bond donors (Lipinski definition) is 3. The molecule has 0 saturated heterocycles. The lowest BCUT2D eigenvalue weighted by Gasteiger charge is -2.55. The lowest BCUT2D eigenvalue weighted by Crippen LogP contribution is -2.55. The van der Waals surface area contributed by atoms with Gasteiger partial charge in [-0.2, -0.15) is 24.4 Å². The van der Waals surface area contributed by atoms with Crippen molar-refractivity contribution in [3.05, 3.63) is 35.9 Å². The number of carbonyl (C=O) groups excluding carboxylic acids is 1. The second-order valence-corrected chi connectivity index (χ2v) is 11.0. The number of nitrogens with two attached hydrogens (primary N) is 1. The summed E-state index contributed by atoms with van der Waals surface area (Å²) in [4.78, 5) is 22.7. The predicted octanol–water partition coefficient (Wildman–Crippen LogP) is 4.40. The highest BCUT2D eigenvalue weighted by Gasteiger charge is 2.48. The molecule has 172 valence electrons. The monoisotopic (exact) mass is 465 g/mol. The first kappa shape index (κ1) is 24.5. The van der Waals surface area contributed by atoms with E-state index >= 15 is 0 Å². The van der Waals surface area contributed by atoms with E-state index < -0.39 is 24.0 Å². The number of carboxylic acid groups (broad SMARTS) is 1. The minimum absolute atomic E-state index is 0.231. The van der Waals surface area contributed by atoms with Crippen LogP contribution in [0.5, 0.6) is 0 Å². The van der Waals surface area contributed by atoms with E-state index in [1.807, 2.05) is 30.3 Å². The molecule has 0 amide bonds. The molecule has 2 atom stereocenters. The third kappa shape index (κ3) is 7.16. The molecule has 4 aliphatic rings. The number of aliphatic carboxylic acids is 1. The fraction of sp³-hybridized carbons (Fsp3) is 0.667. The van der Waals surface area contributed by atoms with Crippen molar-refractivity contribution < 1.29 is 19.4 Å². The van der Waals surface area contributed by atoms with Crippen LogP contribution in [0.4, 0.5) is 0 Å². The van der Waals surface area contributed by atoms with Gasteiger partial charge in [0.05, 0.1) is 5.92 Å². The maximum Gasteiger partial charge on any atom is 0.345 e. The fourth-order valence-electron chi connectivity index (χ4n) is 5.52. The molecular formula is C24H35NO4S2. The van der Waals surface area contributed by atoms with Crippen molar-refractivity contribution in [3.8, 4) is 0 Å². The van der Waals surface area contributed by atoms with Crippen molar-refractivity contribution in [2.45, 2.75) is 62.8 Å². The molecule has 3 N–H and O–H groups in total. The average molecular weight is 466 g/mol. The van der Waals surface area contributed by atoms with Crippen LogP contribution in [0.1, 0.15) is 51.0 Å². The summed E-state index contributed by atoms with van der Waals surface area (Å²) in [5.74, 6) is 2.27. The van der Waals surface area contributed by atoms with Crippen LogP contribution < -0.4 is 5.73 Å². The third-order valence-electron chi connectivity index (χ3n) is 6.68. The summed E-state index contributed by atoms with van der Waals surface area (Å²) in [6.07, 6.45) is 7.46. The van der Waals surface area contributed by atoms with Gasteiger partial charge in [-0.05, 0) is 61.8 Å². The zero-order valence-electron chi connectivity index (χ0n) is 18.2. The third-order valence-corrected chi connectivity index (χ3v) is 8.30. The minimum Gasteiger partial charge on any atom is -0.478 e. The smallest absolute Gasteiger partial charge is 0.345 e. The van der Waals surface area contributed by atoms with Crippen LogP contribution in [-0.4, -0.2) is 40.2 Å². The van der Waals surface area contributed by atoms with Gasteiger partial charge >= 0.3 is 11.9 Å². The van der Waals surface area contributed by atoms with E-state index in [-0.39, 0.29) is 5.75 Å². The molecule has 0 heterocycles. The lowest BCUT2D eigenvalue weighted by atomic mass is 9.53. The summed E-state index contributed by atoms with van der Waals surface area (Å²) in [7, 11) is 0. The Morgan fingerprint density at radius 1 is 1.16 bits per heavy atom. The number of carbonyl (C=O) groups is 2. The van der Waals surface area contributed by atoms with Gasteiger partial charge in [-0.1, -0.05) is 37.3 Å². The molecule has 0 spiro atoms. The fourth-order valence-corrected chi connectivity index (χ4v) is 6.64. The van der Waals surface area contributed by atoms with Crippen molar-refractivity contribution in [1.82, 2.24) is 0 Å². The van der Waals surface area contributed by atoms with Crippen LogP contribution in [0.15, 0.2) is 30.3 Å². The maximum atomic E-state index is 11.6. The number of rotatable bonds is 8. The molecule has 5 nitrogen and oxygen atoms in total. The highest BCUT2D eigenvalue weighted by molar-refractivity contribution is 7.98. The number of esters is 1. The van der Waals surface area contributed by atoms with Gasteiger partial charge in [0.25, 0.3) is 0 Å². The number of benzene rings is 1. The van der Waals surface area contributed by atoms with E-state index in [4.69, 9.17) is 15.6 Å². The maximum absolute atomic E-state index is 11.6. The van der Waals surface area contributed by atoms with Crippen molar-refractivity contribution in [3.63, 3.8) is 0 Å². The highest BCUT2D eigenvalue weighted by atomic mass is 32.2. The minimum atomic E-state index is -1.12. The molecule has 1 unspecified atom stereocenters. The Morgan fingerprint density at radius 3 is 2.16 bits per heavy atom. The van der Waals surface area contributed by atoms with Gasteiger partial charge in [-0.3, -0.25) is 4.79 Å². The van der Waals surface area contributed by atoms with E-state index in [0.29, 0.717) is 17.0 Å². The van der Waals surface area contributed by atoms with Crippen LogP contribution >= 0.6 is 24.4 Å². The first-order chi connectivity index (χ1) is 14.8. The average Bonchev–Trinajstić information content (AvgIpc) is 2.71. The molecule has 31 heavy (non-hydrogen) atoms. The molecule has 0 radical (unpaired) electrons. The van der Waals surface area contributed by atoms with Crippen molar-refractivity contribution >= 4 is 36.3 Å². The molecule has 4 saturated carbocycles. The van der Waals surface area contributed by atoms with Gasteiger partial charge in [0, 0.05) is 22.8 Å². The SMILES string of the molecule is C[C@@H](CS)C(=O)OC(CSCc1ccccc1)C(=O)O.NC12CC3CC(CC(C3)C1)C2. The summed E-state index contributed by atoms with van der Waals surface area (Å²) < 4.78 is 4.99. The predicted molar refractivity (Wildman–Crippen MR) is 128 cm³/mol. The Balaban J connectivity index is 0.000000204. The summed E-state index contributed by atoms with van der Waals surface area (Å²) in [5.41, 5.74) is 7.73. The van der Waals surface area contributed by atoms with Gasteiger partial charge in [-0.15, -0.1) is 0 Å². The lowest BCUT2D eigenvalue weighted by molar-refractivity contribution is -0.164. The zero-order valence-corrected chi connectivity index (χ0v) is 20.0. The van der Waals surface area contributed by atoms with Gasteiger partial charge in [0.1, 0.15) is 0 Å². The molecule has 1 aromatic rings. The van der Waals surface area contributed by atoms with Gasteiger partial charge in [0.15, 0.2) is 0 Å². The Labute approximate surface area is 195 Å². The molecule has 5 rings (SSSR count). The largest absolute Gasteiger partial charge is 0.478 e. The summed E-state index contributed by atoms with van der Waals surface area (Å²) in [6.45, 7) is 1.66. The van der Waals surface area contributed by atoms with E-state index in [9.17, 15) is 9.59 Å². The van der Waals surface area contributed by atoms with Crippen LogP contribution in [-0.2, 0) is 20.1 Å². The Bertz CT molecular complexity index is 707. The summed E-state index contributed by atoms with van der Waals surface area (Å²) in [5, 5.41) is 9.06. The second kappa shape index (κ2) is 11.1. The molecule has 0 aliphatic heterocycles. The molecule has 4 fully saturated rings. The number of thioether (sulfide) groups is 1. The van der Waals surface area contributed by atoms with Gasteiger partial charge in [-0.25, -0.2) is 4.79 Å². The topological polar surface area (TPSA) is 89.6 Å². The van der Waals surface area contributed by atoms with Crippen molar-refractivity contribution in [2.75, 3.05) is 11.5 Å². The Kier molecular flexibility index (Phi) is 8.76. The van der Waals surface area contributed by atoms with Crippen LogP contribution in [0.2, 0.25) is 0 Å². The summed E-state index contributed by atoms with van der Waals surface area (Å²) >= 11 is 5.42. The van der Waals surface area contributed by atoms with Gasteiger partial charge in [0.2, 0.25) is 6.10 Å². The number of ether oxygens (including phenoxy) is 1. The van der Waals surface area contributed by atoms with Crippen molar-refractivity contribution in [2.24, 2.45) is 29.4 Å². The van der Waals surface area contributed by atoms with E-state index in [2.05, 4.69) is 12.6 Å². The first-order valence-corrected chi connectivity index (χ1v) is 13.0. The highest BCUT2D eigenvalue weighted by Crippen LogP contribution is 2.54. The normalized spacial score (nSPS) is 30.1. The number of hydrogen-bond acceptors (Lipinski definition) is 6. The molecular weight excluding hydrogens is 430 g/mol. The number of carboxylic acids is 1. The molecule has 7 heteroatoms. The first-order valence-electron chi connectivity index (χ1n) is 11.2. The molecule has 4 bridgehead atoms. The van der Waals surface area contributed by atoms with E-state index in [0.717, 1.165) is 23.3 Å². The number of thiol groups is 1. The quantitative estimate of drug-likeness (QED) is 0.390. The standard InChI is InChI=1S/C14H18O4S2.C10H17N/c1-10(7-19)14(17)18-12(13(15)16)9-20-8-11-5-3-2-4-6-11;11-10-4-7-1-8(5-10)3-9(2-7)6-10/h2-6,10,12,19H,7-9H2,1H3,(H,15,16);7-9H,1-6,11H2/t10-,12?;/m0./s1. The Morgan fingerprint density at radius 2 is 1.71 bits per heavy atom. The Hall–Kier alpha value is -1.18. The van der Waals surface area contributed by atoms with Crippen LogP contribution in [0.25, 0.3) is 0 Å². The van der Waals surface area contributed by atoms with Crippen molar-refractivity contribution in [1.29, 1.82) is 0 Å². The van der Waals surface area contributed by atoms with E-state index in [1.54, 1.807) is 6.92 Å². The zero-order chi connectivity index (χ0) is 22.4. The molecule has 0 aromatic heterocycles. The van der Waals surface area contributed by atoms with Crippen LogP contribution in [0.3, 0.4) is 0 Å². The van der Waals surface area contributed by atoms with E-state index in [1.165, 1.54) is 50.3 Å². The molecule has 4 aliphatic carbocycles. The second-order valence-electron chi connectivity index (χ2n) is 9.63. The van der Waals surface area contributed by atoms with Crippen LogP contribution in [0, 0.1) is 23.7 Å². The van der Waals surface area contributed by atoms with Gasteiger partial charge < -0.3 is 15.6 Å². The molecule has 1 aromatic carbocycles. The summed E-state index contributed by atoms with van der Waals surface area (Å²) in [6, 6.07) is 9.72.